The van der Waals surface area contributed by atoms with E-state index in [4.69, 9.17) is 0 Å². The highest BCUT2D eigenvalue weighted by atomic mass is 32.2. The molecule has 7 heteroatoms. The molecule has 4 nitrogen and oxygen atoms in total. The summed E-state index contributed by atoms with van der Waals surface area (Å²) in [7, 11) is 0. The molecule has 1 aromatic carbocycles. The fourth-order valence-corrected chi connectivity index (χ4v) is 2.93. The standard InChI is InChI=1S/C16H17F2N3OS/c1-10-7-19-21(8-11-2-3-11)16(10)20-15(22)9-23-12-4-5-13(17)14(18)6-12/h4-7,11H,2-3,8-9H2,1H3,(H,20,22). The second-order valence-corrected chi connectivity index (χ2v) is 6.76. The Morgan fingerprint density at radius 3 is 2.87 bits per heavy atom. The molecular weight excluding hydrogens is 320 g/mol. The molecule has 2 aromatic rings. The van der Waals surface area contributed by atoms with Crippen molar-refractivity contribution in [1.29, 1.82) is 0 Å². The van der Waals surface area contributed by atoms with Crippen molar-refractivity contribution in [2.45, 2.75) is 31.2 Å². The summed E-state index contributed by atoms with van der Waals surface area (Å²) in [6, 6.07) is 3.61. The van der Waals surface area contributed by atoms with Crippen LogP contribution in [0.4, 0.5) is 14.6 Å². The molecule has 0 saturated heterocycles. The Morgan fingerprint density at radius 1 is 1.39 bits per heavy atom. The molecule has 3 rings (SSSR count). The highest BCUT2D eigenvalue weighted by Gasteiger charge is 2.24. The molecule has 1 amide bonds. The Hall–Kier alpha value is -1.89. The number of carbonyl (C=O) groups excluding carboxylic acids is 1. The van der Waals surface area contributed by atoms with Gasteiger partial charge in [-0.15, -0.1) is 11.8 Å². The van der Waals surface area contributed by atoms with Gasteiger partial charge in [0.2, 0.25) is 5.91 Å². The fourth-order valence-electron chi connectivity index (χ4n) is 2.21. The molecule has 122 valence electrons. The number of nitrogens with one attached hydrogen (secondary N) is 1. The number of aromatic nitrogens is 2. The Bertz CT molecular complexity index is 728. The van der Waals surface area contributed by atoms with E-state index in [1.54, 1.807) is 6.20 Å². The van der Waals surface area contributed by atoms with E-state index in [-0.39, 0.29) is 11.7 Å². The number of hydrogen-bond donors (Lipinski definition) is 1. The van der Waals surface area contributed by atoms with Gasteiger partial charge >= 0.3 is 0 Å². The third kappa shape index (κ3) is 4.10. The molecule has 0 unspecified atom stereocenters. The fraction of sp³-hybridized carbons (Fsp3) is 0.375. The van der Waals surface area contributed by atoms with Crippen molar-refractivity contribution < 1.29 is 13.6 Å². The van der Waals surface area contributed by atoms with E-state index in [0.717, 1.165) is 36.0 Å². The van der Waals surface area contributed by atoms with Gasteiger partial charge in [0, 0.05) is 17.0 Å². The molecule has 1 fully saturated rings. The Labute approximate surface area is 137 Å². The van der Waals surface area contributed by atoms with Crippen LogP contribution >= 0.6 is 11.8 Å². The first-order valence-electron chi connectivity index (χ1n) is 7.43. The minimum atomic E-state index is -0.909. The van der Waals surface area contributed by atoms with E-state index in [9.17, 15) is 13.6 Å². The second kappa shape index (κ2) is 6.70. The van der Waals surface area contributed by atoms with Crippen molar-refractivity contribution in [1.82, 2.24) is 9.78 Å². The van der Waals surface area contributed by atoms with Crippen LogP contribution in [0.3, 0.4) is 0 Å². The van der Waals surface area contributed by atoms with Crippen molar-refractivity contribution in [3.05, 3.63) is 41.6 Å². The van der Waals surface area contributed by atoms with E-state index in [2.05, 4.69) is 10.4 Å². The quantitative estimate of drug-likeness (QED) is 0.819. The maximum Gasteiger partial charge on any atom is 0.235 e. The van der Waals surface area contributed by atoms with Crippen LogP contribution < -0.4 is 5.32 Å². The normalized spacial score (nSPS) is 14.0. The van der Waals surface area contributed by atoms with E-state index < -0.39 is 11.6 Å². The topological polar surface area (TPSA) is 46.9 Å². The second-order valence-electron chi connectivity index (χ2n) is 5.71. The lowest BCUT2D eigenvalue weighted by atomic mass is 10.3. The van der Waals surface area contributed by atoms with Crippen LogP contribution in [0.5, 0.6) is 0 Å². The summed E-state index contributed by atoms with van der Waals surface area (Å²) in [6.07, 6.45) is 4.15. The molecule has 1 aliphatic rings. The number of nitrogens with zero attached hydrogens (tertiary/aromatic N) is 2. The Kier molecular flexibility index (Phi) is 4.66. The van der Waals surface area contributed by atoms with Crippen LogP contribution in [0.1, 0.15) is 18.4 Å². The molecule has 1 saturated carbocycles. The number of rotatable bonds is 6. The lowest BCUT2D eigenvalue weighted by Gasteiger charge is -2.10. The third-order valence-electron chi connectivity index (χ3n) is 3.67. The lowest BCUT2D eigenvalue weighted by molar-refractivity contribution is -0.113. The average molecular weight is 337 g/mol. The smallest absolute Gasteiger partial charge is 0.235 e. The molecule has 1 aliphatic carbocycles. The average Bonchev–Trinajstić information content (AvgIpc) is 3.28. The first-order chi connectivity index (χ1) is 11.0. The van der Waals surface area contributed by atoms with Gasteiger partial charge in [-0.25, -0.2) is 13.5 Å². The van der Waals surface area contributed by atoms with Gasteiger partial charge in [0.05, 0.1) is 11.9 Å². The molecule has 0 aliphatic heterocycles. The summed E-state index contributed by atoms with van der Waals surface area (Å²) in [5.74, 6) is -0.499. The van der Waals surface area contributed by atoms with Gasteiger partial charge in [0.1, 0.15) is 5.82 Å². The molecule has 0 radical (unpaired) electrons. The SMILES string of the molecule is Cc1cnn(CC2CC2)c1NC(=O)CSc1ccc(F)c(F)c1. The lowest BCUT2D eigenvalue weighted by Crippen LogP contribution is -2.18. The predicted molar refractivity (Wildman–Crippen MR) is 85.4 cm³/mol. The van der Waals surface area contributed by atoms with Gasteiger partial charge < -0.3 is 5.32 Å². The van der Waals surface area contributed by atoms with Crippen LogP contribution in [-0.2, 0) is 11.3 Å². The molecule has 1 N–H and O–H groups in total. The van der Waals surface area contributed by atoms with E-state index in [1.807, 2.05) is 11.6 Å². The van der Waals surface area contributed by atoms with E-state index >= 15 is 0 Å². The third-order valence-corrected chi connectivity index (χ3v) is 4.66. The minimum absolute atomic E-state index is 0.124. The van der Waals surface area contributed by atoms with Crippen molar-refractivity contribution in [2.75, 3.05) is 11.1 Å². The van der Waals surface area contributed by atoms with Crippen molar-refractivity contribution in [3.8, 4) is 0 Å². The molecule has 1 heterocycles. The minimum Gasteiger partial charge on any atom is -0.310 e. The summed E-state index contributed by atoms with van der Waals surface area (Å²) in [5.41, 5.74) is 0.914. The molecule has 1 aromatic heterocycles. The molecule has 0 bridgehead atoms. The monoisotopic (exact) mass is 337 g/mol. The van der Waals surface area contributed by atoms with E-state index in [1.165, 1.54) is 18.9 Å². The van der Waals surface area contributed by atoms with Gasteiger partial charge in [0.15, 0.2) is 11.6 Å². The number of anilines is 1. The first kappa shape index (κ1) is 16.0. The number of carbonyl (C=O) groups is 1. The Morgan fingerprint density at radius 2 is 2.17 bits per heavy atom. The molecule has 0 spiro atoms. The van der Waals surface area contributed by atoms with E-state index in [0.29, 0.717) is 16.6 Å². The van der Waals surface area contributed by atoms with Crippen LogP contribution in [0, 0.1) is 24.5 Å². The summed E-state index contributed by atoms with van der Waals surface area (Å²) in [5, 5.41) is 7.15. The number of aryl methyl sites for hydroxylation is 1. The molecular formula is C16H17F2N3OS. The zero-order chi connectivity index (χ0) is 16.4. The van der Waals surface area contributed by atoms with Crippen LogP contribution in [0.2, 0.25) is 0 Å². The molecule has 23 heavy (non-hydrogen) atoms. The first-order valence-corrected chi connectivity index (χ1v) is 8.41. The van der Waals surface area contributed by atoms with Crippen LogP contribution in [0.15, 0.2) is 29.3 Å². The summed E-state index contributed by atoms with van der Waals surface area (Å²) < 4.78 is 27.8. The number of benzene rings is 1. The number of thioether (sulfide) groups is 1. The zero-order valence-corrected chi connectivity index (χ0v) is 13.5. The maximum atomic E-state index is 13.1. The number of amides is 1. The van der Waals surface area contributed by atoms with Gasteiger partial charge in [-0.1, -0.05) is 0 Å². The maximum absolute atomic E-state index is 13.1. The molecule has 0 atom stereocenters. The summed E-state index contributed by atoms with van der Waals surface area (Å²) in [4.78, 5) is 12.6. The number of hydrogen-bond acceptors (Lipinski definition) is 3. The largest absolute Gasteiger partial charge is 0.310 e. The number of halogens is 2. The summed E-state index contributed by atoms with van der Waals surface area (Å²) in [6.45, 7) is 2.72. The van der Waals surface area contributed by atoms with Crippen LogP contribution in [-0.4, -0.2) is 21.4 Å². The van der Waals surface area contributed by atoms with Gasteiger partial charge in [-0.3, -0.25) is 4.79 Å². The van der Waals surface area contributed by atoms with Crippen molar-refractivity contribution in [3.63, 3.8) is 0 Å². The summed E-state index contributed by atoms with van der Waals surface area (Å²) >= 11 is 1.16. The predicted octanol–water partition coefficient (Wildman–Crippen LogP) is 3.61. The van der Waals surface area contributed by atoms with Gasteiger partial charge in [-0.05, 0) is 43.9 Å². The van der Waals surface area contributed by atoms with Crippen LogP contribution in [0.25, 0.3) is 0 Å². The van der Waals surface area contributed by atoms with Crippen molar-refractivity contribution in [2.24, 2.45) is 5.92 Å². The van der Waals surface area contributed by atoms with Gasteiger partial charge in [0.25, 0.3) is 0 Å². The zero-order valence-electron chi connectivity index (χ0n) is 12.7. The Balaban J connectivity index is 1.58. The highest BCUT2D eigenvalue weighted by Crippen LogP contribution is 2.32. The van der Waals surface area contributed by atoms with Gasteiger partial charge in [-0.2, -0.15) is 5.10 Å². The van der Waals surface area contributed by atoms with Crippen molar-refractivity contribution >= 4 is 23.5 Å². The highest BCUT2D eigenvalue weighted by molar-refractivity contribution is 8.00.